The Kier molecular flexibility index (Phi) is 8.77. The molecule has 240 valence electrons. The maximum atomic E-state index is 13.9. The van der Waals surface area contributed by atoms with E-state index in [0.717, 1.165) is 0 Å². The SMILES string of the molecule is O=C(Nc1ccc(N2CCN(C(=O)Nc3ccccc3F)CC2)cn1)c1oc(N2CCC(c3ccccc3)CC2)nc1C(F)(F)F. The number of anilines is 4. The zero-order chi connectivity index (χ0) is 32.3. The first-order chi connectivity index (χ1) is 22.2. The quantitative estimate of drug-likeness (QED) is 0.242. The molecule has 2 aromatic heterocycles. The highest BCUT2D eigenvalue weighted by atomic mass is 19.4. The largest absolute Gasteiger partial charge is 0.437 e. The maximum absolute atomic E-state index is 13.9. The van der Waals surface area contributed by atoms with Crippen molar-refractivity contribution in [1.82, 2.24) is 14.9 Å². The van der Waals surface area contributed by atoms with Crippen molar-refractivity contribution in [2.45, 2.75) is 24.9 Å². The minimum absolute atomic E-state index is 0.0337. The van der Waals surface area contributed by atoms with Gasteiger partial charge in [0.05, 0.1) is 17.6 Å². The summed E-state index contributed by atoms with van der Waals surface area (Å²) in [4.78, 5) is 38.6. The lowest BCUT2D eigenvalue weighted by molar-refractivity contribution is -0.141. The molecule has 0 bridgehead atoms. The van der Waals surface area contributed by atoms with Gasteiger partial charge in [0, 0.05) is 39.3 Å². The molecule has 0 saturated carbocycles. The number of carbonyl (C=O) groups is 2. The first kappa shape index (κ1) is 30.9. The van der Waals surface area contributed by atoms with Crippen LogP contribution in [-0.4, -0.2) is 66.1 Å². The van der Waals surface area contributed by atoms with Crippen molar-refractivity contribution >= 4 is 35.1 Å². The number of nitrogens with one attached hydrogen (secondary N) is 2. The molecule has 4 heterocycles. The van der Waals surface area contributed by atoms with Gasteiger partial charge in [0.2, 0.25) is 5.76 Å². The van der Waals surface area contributed by atoms with Gasteiger partial charge in [0.25, 0.3) is 11.9 Å². The smallest absolute Gasteiger partial charge is 0.417 e. The van der Waals surface area contributed by atoms with Crippen molar-refractivity contribution in [2.75, 3.05) is 59.7 Å². The Hall–Kier alpha value is -5.14. The molecule has 6 rings (SSSR count). The van der Waals surface area contributed by atoms with Crippen LogP contribution in [0.15, 0.2) is 77.3 Å². The van der Waals surface area contributed by atoms with Crippen LogP contribution in [-0.2, 0) is 6.18 Å². The van der Waals surface area contributed by atoms with E-state index in [2.05, 4.69) is 20.6 Å². The molecule has 4 aromatic rings. The third-order valence-corrected chi connectivity index (χ3v) is 8.16. The first-order valence-electron chi connectivity index (χ1n) is 14.9. The van der Waals surface area contributed by atoms with Gasteiger partial charge in [-0.25, -0.2) is 14.2 Å². The summed E-state index contributed by atoms with van der Waals surface area (Å²) >= 11 is 0. The van der Waals surface area contributed by atoms with Gasteiger partial charge in [-0.3, -0.25) is 4.79 Å². The second kappa shape index (κ2) is 13.1. The van der Waals surface area contributed by atoms with Crippen LogP contribution in [0.25, 0.3) is 0 Å². The number of aromatic nitrogens is 2. The van der Waals surface area contributed by atoms with Gasteiger partial charge in [0.15, 0.2) is 5.69 Å². The van der Waals surface area contributed by atoms with Crippen molar-refractivity contribution in [3.63, 3.8) is 0 Å². The molecule has 3 amide bonds. The van der Waals surface area contributed by atoms with Crippen molar-refractivity contribution in [3.8, 4) is 0 Å². The summed E-state index contributed by atoms with van der Waals surface area (Å²) < 4.78 is 61.0. The number of para-hydroxylation sites is 1. The second-order valence-electron chi connectivity index (χ2n) is 11.1. The van der Waals surface area contributed by atoms with E-state index in [-0.39, 0.29) is 23.4 Å². The Morgan fingerprint density at radius 1 is 0.826 bits per heavy atom. The number of rotatable bonds is 6. The molecule has 2 aliphatic rings. The van der Waals surface area contributed by atoms with E-state index in [1.165, 1.54) is 36.0 Å². The number of benzene rings is 2. The Labute approximate surface area is 262 Å². The van der Waals surface area contributed by atoms with E-state index in [1.54, 1.807) is 21.9 Å². The predicted molar refractivity (Wildman–Crippen MR) is 164 cm³/mol. The number of hydrogen-bond donors (Lipinski definition) is 2. The highest BCUT2D eigenvalue weighted by molar-refractivity contribution is 6.02. The van der Waals surface area contributed by atoms with Crippen LogP contribution in [0.5, 0.6) is 0 Å². The number of oxazole rings is 1. The Morgan fingerprint density at radius 3 is 2.17 bits per heavy atom. The summed E-state index contributed by atoms with van der Waals surface area (Å²) in [5.41, 5.74) is 0.585. The van der Waals surface area contributed by atoms with Gasteiger partial charge in [0.1, 0.15) is 11.6 Å². The molecule has 14 heteroatoms. The van der Waals surface area contributed by atoms with Crippen LogP contribution in [0.2, 0.25) is 0 Å². The number of halogens is 4. The van der Waals surface area contributed by atoms with Crippen LogP contribution in [0, 0.1) is 5.82 Å². The lowest BCUT2D eigenvalue weighted by Gasteiger charge is -2.35. The number of piperidine rings is 1. The van der Waals surface area contributed by atoms with E-state index < -0.39 is 35.4 Å². The topological polar surface area (TPSA) is 107 Å². The average Bonchev–Trinajstić information content (AvgIpc) is 3.54. The van der Waals surface area contributed by atoms with Crippen LogP contribution in [0.3, 0.4) is 0 Å². The number of urea groups is 1. The van der Waals surface area contributed by atoms with Crippen molar-refractivity contribution in [2.24, 2.45) is 0 Å². The standard InChI is InChI=1S/C32H31F4N7O3/c33-24-8-4-5-9-25(24)38-30(45)42-18-16-41(17-19-42)23-10-11-26(37-20-23)39-29(44)27-28(32(34,35)36)40-31(46-27)43-14-12-22(13-15-43)21-6-2-1-3-7-21/h1-11,20,22H,12-19H2,(H,38,45)(H,37,39,44). The van der Waals surface area contributed by atoms with Crippen LogP contribution >= 0.6 is 0 Å². The van der Waals surface area contributed by atoms with Gasteiger partial charge < -0.3 is 29.8 Å². The van der Waals surface area contributed by atoms with Gasteiger partial charge >= 0.3 is 12.2 Å². The fourth-order valence-electron chi connectivity index (χ4n) is 5.66. The maximum Gasteiger partial charge on any atom is 0.437 e. The average molecular weight is 638 g/mol. The van der Waals surface area contributed by atoms with Crippen LogP contribution < -0.4 is 20.4 Å². The van der Waals surface area contributed by atoms with Gasteiger partial charge in [-0.15, -0.1) is 0 Å². The summed E-state index contributed by atoms with van der Waals surface area (Å²) in [6.45, 7) is 2.55. The fourth-order valence-corrected chi connectivity index (χ4v) is 5.66. The van der Waals surface area contributed by atoms with Crippen molar-refractivity contribution in [3.05, 3.63) is 95.8 Å². The predicted octanol–water partition coefficient (Wildman–Crippen LogP) is 6.22. The van der Waals surface area contributed by atoms with E-state index in [1.807, 2.05) is 35.2 Å². The van der Waals surface area contributed by atoms with Crippen molar-refractivity contribution < 1.29 is 31.6 Å². The summed E-state index contributed by atoms with van der Waals surface area (Å²) in [5, 5.41) is 4.95. The number of hydrogen-bond acceptors (Lipinski definition) is 7. The molecule has 0 atom stereocenters. The molecule has 2 fully saturated rings. The Balaban J connectivity index is 1.06. The minimum atomic E-state index is -4.90. The number of piperazine rings is 1. The molecule has 0 spiro atoms. The molecular formula is C32H31F4N7O3. The molecule has 0 aliphatic carbocycles. The van der Waals surface area contributed by atoms with Crippen LogP contribution in [0.4, 0.5) is 45.6 Å². The van der Waals surface area contributed by atoms with E-state index in [9.17, 15) is 27.2 Å². The zero-order valence-corrected chi connectivity index (χ0v) is 24.6. The highest BCUT2D eigenvalue weighted by Gasteiger charge is 2.42. The third-order valence-electron chi connectivity index (χ3n) is 8.16. The molecular weight excluding hydrogens is 606 g/mol. The normalized spacial score (nSPS) is 16.0. The van der Waals surface area contributed by atoms with E-state index >= 15 is 0 Å². The van der Waals surface area contributed by atoms with Gasteiger partial charge in [-0.05, 0) is 48.6 Å². The summed E-state index contributed by atoms with van der Waals surface area (Å²) in [7, 11) is 0. The third kappa shape index (κ3) is 6.90. The van der Waals surface area contributed by atoms with E-state index in [4.69, 9.17) is 4.42 Å². The first-order valence-corrected chi connectivity index (χ1v) is 14.9. The highest BCUT2D eigenvalue weighted by Crippen LogP contribution is 2.36. The molecule has 2 N–H and O–H groups in total. The lowest BCUT2D eigenvalue weighted by atomic mass is 9.90. The number of alkyl halides is 3. The monoisotopic (exact) mass is 637 g/mol. The fraction of sp³-hybridized carbons (Fsp3) is 0.312. The second-order valence-corrected chi connectivity index (χ2v) is 11.1. The number of carbonyl (C=O) groups excluding carboxylic acids is 2. The lowest BCUT2D eigenvalue weighted by Crippen LogP contribution is -2.50. The number of pyridine rings is 1. The summed E-state index contributed by atoms with van der Waals surface area (Å²) in [6, 6.07) is 18.3. The van der Waals surface area contributed by atoms with E-state index in [0.29, 0.717) is 57.8 Å². The van der Waals surface area contributed by atoms with Crippen LogP contribution in [0.1, 0.15) is 40.6 Å². The molecule has 2 aliphatic heterocycles. The molecule has 2 aromatic carbocycles. The summed E-state index contributed by atoms with van der Waals surface area (Å²) in [6.07, 6.45) is -2.00. The molecule has 0 radical (unpaired) electrons. The number of nitrogens with zero attached hydrogens (tertiary/aromatic N) is 5. The van der Waals surface area contributed by atoms with Gasteiger partial charge in [-0.1, -0.05) is 42.5 Å². The van der Waals surface area contributed by atoms with Crippen molar-refractivity contribution in [1.29, 1.82) is 0 Å². The molecule has 10 nitrogen and oxygen atoms in total. The number of amides is 3. The summed E-state index contributed by atoms with van der Waals surface area (Å²) in [5.74, 6) is -2.25. The zero-order valence-electron chi connectivity index (χ0n) is 24.6. The minimum Gasteiger partial charge on any atom is -0.417 e. The molecule has 0 unspecified atom stereocenters. The van der Waals surface area contributed by atoms with Gasteiger partial charge in [-0.2, -0.15) is 18.2 Å². The molecule has 2 saturated heterocycles. The Morgan fingerprint density at radius 2 is 1.52 bits per heavy atom. The Bertz CT molecular complexity index is 1670. The molecule has 46 heavy (non-hydrogen) atoms.